The Labute approximate surface area is 147 Å². The van der Waals surface area contributed by atoms with Crippen LogP contribution in [-0.2, 0) is 16.3 Å². The van der Waals surface area contributed by atoms with Crippen molar-refractivity contribution < 1.29 is 17.6 Å². The number of Topliss-reactive ketones (excluding diaryl/α,β-unsaturated/α-hetero) is 1. The lowest BCUT2D eigenvalue weighted by atomic mass is 10.2. The van der Waals surface area contributed by atoms with Gasteiger partial charge in [0.2, 0.25) is 11.8 Å². The fourth-order valence-electron chi connectivity index (χ4n) is 1.98. The first kappa shape index (κ1) is 16.8. The molecule has 6 nitrogen and oxygen atoms in total. The van der Waals surface area contributed by atoms with E-state index in [1.54, 1.807) is 24.3 Å². The minimum absolute atomic E-state index is 0.0226. The van der Waals surface area contributed by atoms with Gasteiger partial charge in [0.1, 0.15) is 0 Å². The van der Waals surface area contributed by atoms with Crippen LogP contribution in [0.2, 0.25) is 4.34 Å². The first-order valence-electron chi connectivity index (χ1n) is 6.74. The van der Waals surface area contributed by atoms with E-state index in [1.165, 1.54) is 23.5 Å². The zero-order valence-corrected chi connectivity index (χ0v) is 14.8. The van der Waals surface area contributed by atoms with Crippen molar-refractivity contribution in [1.29, 1.82) is 0 Å². The molecule has 9 heteroatoms. The maximum Gasteiger partial charge on any atom is 0.247 e. The van der Waals surface area contributed by atoms with Gasteiger partial charge in [-0.15, -0.1) is 21.5 Å². The van der Waals surface area contributed by atoms with Crippen molar-refractivity contribution in [3.63, 3.8) is 0 Å². The smallest absolute Gasteiger partial charge is 0.247 e. The van der Waals surface area contributed by atoms with Crippen molar-refractivity contribution in [2.24, 2.45) is 0 Å². The van der Waals surface area contributed by atoms with Gasteiger partial charge in [0.15, 0.2) is 15.6 Å². The van der Waals surface area contributed by atoms with Crippen molar-refractivity contribution in [2.75, 3.05) is 6.26 Å². The maximum atomic E-state index is 12.1. The molecule has 2 heterocycles. The molecule has 3 rings (SSSR count). The molecular weight excluding hydrogens is 372 g/mol. The molecule has 1 aromatic carbocycles. The molecule has 0 aliphatic carbocycles. The number of thiophene rings is 1. The minimum Gasteiger partial charge on any atom is -0.420 e. The number of rotatable bonds is 5. The molecule has 0 aliphatic rings. The fraction of sp³-hybridized carbons (Fsp3) is 0.133. The third-order valence-corrected chi connectivity index (χ3v) is 5.56. The van der Waals surface area contributed by atoms with Crippen molar-refractivity contribution in [3.05, 3.63) is 51.5 Å². The molecule has 24 heavy (non-hydrogen) atoms. The van der Waals surface area contributed by atoms with Crippen LogP contribution in [0.25, 0.3) is 11.5 Å². The number of aromatic nitrogens is 2. The number of ketones is 1. The van der Waals surface area contributed by atoms with Gasteiger partial charge >= 0.3 is 0 Å². The van der Waals surface area contributed by atoms with E-state index < -0.39 is 9.84 Å². The Balaban J connectivity index is 1.77. The van der Waals surface area contributed by atoms with Crippen LogP contribution in [0.15, 0.2) is 45.7 Å². The second-order valence-electron chi connectivity index (χ2n) is 5.00. The Kier molecular flexibility index (Phi) is 4.53. The summed E-state index contributed by atoms with van der Waals surface area (Å²) in [5.74, 6) is 0.253. The first-order valence-corrected chi connectivity index (χ1v) is 9.83. The summed E-state index contributed by atoms with van der Waals surface area (Å²) in [5.41, 5.74) is 0.577. The molecule has 0 unspecified atom stereocenters. The first-order chi connectivity index (χ1) is 11.3. The summed E-state index contributed by atoms with van der Waals surface area (Å²) < 4.78 is 28.9. The number of carbonyl (C=O) groups is 1. The summed E-state index contributed by atoms with van der Waals surface area (Å²) in [6.07, 6.45) is 1.11. The summed E-state index contributed by atoms with van der Waals surface area (Å²) in [7, 11) is -3.26. The van der Waals surface area contributed by atoms with E-state index in [-0.39, 0.29) is 28.9 Å². The molecule has 0 saturated carbocycles. The van der Waals surface area contributed by atoms with Crippen molar-refractivity contribution >= 4 is 38.6 Å². The molecule has 0 N–H and O–H groups in total. The molecule has 0 bridgehead atoms. The maximum absolute atomic E-state index is 12.1. The van der Waals surface area contributed by atoms with E-state index in [4.69, 9.17) is 16.0 Å². The van der Waals surface area contributed by atoms with Crippen LogP contribution in [-0.4, -0.2) is 30.7 Å². The zero-order chi connectivity index (χ0) is 17.3. The average molecular weight is 383 g/mol. The molecule has 3 aromatic rings. The quantitative estimate of drug-likeness (QED) is 0.629. The van der Waals surface area contributed by atoms with E-state index in [2.05, 4.69) is 10.2 Å². The van der Waals surface area contributed by atoms with E-state index in [1.807, 2.05) is 0 Å². The molecule has 0 radical (unpaired) electrons. The Bertz CT molecular complexity index is 991. The molecule has 0 amide bonds. The van der Waals surface area contributed by atoms with E-state index in [9.17, 15) is 13.2 Å². The van der Waals surface area contributed by atoms with Crippen LogP contribution in [0.5, 0.6) is 0 Å². The van der Waals surface area contributed by atoms with Gasteiger partial charge < -0.3 is 4.42 Å². The number of carbonyl (C=O) groups excluding carboxylic acids is 1. The summed E-state index contributed by atoms with van der Waals surface area (Å²) in [4.78, 5) is 12.8. The van der Waals surface area contributed by atoms with Gasteiger partial charge in [0, 0.05) is 11.8 Å². The lowest BCUT2D eigenvalue weighted by Crippen LogP contribution is -2.01. The van der Waals surface area contributed by atoms with E-state index in [0.717, 1.165) is 6.26 Å². The van der Waals surface area contributed by atoms with Gasteiger partial charge in [0.25, 0.3) is 0 Å². The van der Waals surface area contributed by atoms with Gasteiger partial charge in [-0.05, 0) is 36.4 Å². The van der Waals surface area contributed by atoms with Crippen LogP contribution >= 0.6 is 22.9 Å². The molecule has 124 valence electrons. The molecule has 0 aliphatic heterocycles. The topological polar surface area (TPSA) is 90.1 Å². The molecule has 0 atom stereocenters. The molecule has 2 aromatic heterocycles. The minimum atomic E-state index is -3.26. The van der Waals surface area contributed by atoms with Gasteiger partial charge in [-0.2, -0.15) is 0 Å². The summed E-state index contributed by atoms with van der Waals surface area (Å²) >= 11 is 7.00. The third-order valence-electron chi connectivity index (χ3n) is 3.16. The fourth-order valence-corrected chi connectivity index (χ4v) is 3.59. The van der Waals surface area contributed by atoms with Gasteiger partial charge in [-0.25, -0.2) is 8.42 Å². The number of hydrogen-bond donors (Lipinski definition) is 0. The van der Waals surface area contributed by atoms with E-state index in [0.29, 0.717) is 14.8 Å². The monoisotopic (exact) mass is 382 g/mol. The Hall–Kier alpha value is -2.03. The number of nitrogens with zero attached hydrogens (tertiary/aromatic N) is 2. The second-order valence-corrected chi connectivity index (χ2v) is 8.73. The highest BCUT2D eigenvalue weighted by molar-refractivity contribution is 7.90. The summed E-state index contributed by atoms with van der Waals surface area (Å²) in [5, 5.41) is 7.74. The molecule has 0 saturated heterocycles. The van der Waals surface area contributed by atoms with Gasteiger partial charge in [-0.3, -0.25) is 4.79 Å². The Morgan fingerprint density at radius 1 is 1.17 bits per heavy atom. The van der Waals surface area contributed by atoms with Crippen molar-refractivity contribution in [2.45, 2.75) is 11.3 Å². The third kappa shape index (κ3) is 3.72. The number of benzene rings is 1. The summed E-state index contributed by atoms with van der Waals surface area (Å²) in [6, 6.07) is 9.39. The second kappa shape index (κ2) is 6.46. The van der Waals surface area contributed by atoms with Crippen LogP contribution in [0.4, 0.5) is 0 Å². The largest absolute Gasteiger partial charge is 0.420 e. The standard InChI is InChI=1S/C15H11ClN2O4S2/c1-24(20,21)10-4-2-9(3-5-10)15-18-17-14(22-15)8-11(19)12-6-7-13(16)23-12/h2-7H,8H2,1H3. The Morgan fingerprint density at radius 2 is 1.88 bits per heavy atom. The highest BCUT2D eigenvalue weighted by Gasteiger charge is 2.16. The number of halogens is 1. The summed E-state index contributed by atoms with van der Waals surface area (Å²) in [6.45, 7) is 0. The van der Waals surface area contributed by atoms with Crippen LogP contribution < -0.4 is 0 Å². The molecule has 0 spiro atoms. The van der Waals surface area contributed by atoms with Crippen LogP contribution in [0, 0.1) is 0 Å². The number of hydrogen-bond acceptors (Lipinski definition) is 7. The molecule has 0 fully saturated rings. The Morgan fingerprint density at radius 3 is 2.46 bits per heavy atom. The average Bonchev–Trinajstić information content (AvgIpc) is 3.16. The van der Waals surface area contributed by atoms with Crippen LogP contribution in [0.3, 0.4) is 0 Å². The SMILES string of the molecule is CS(=O)(=O)c1ccc(-c2nnc(CC(=O)c3ccc(Cl)s3)o2)cc1. The lowest BCUT2D eigenvalue weighted by molar-refractivity contribution is 0.0989. The predicted octanol–water partition coefficient (Wildman–Crippen LogP) is 3.28. The highest BCUT2D eigenvalue weighted by atomic mass is 35.5. The predicted molar refractivity (Wildman–Crippen MR) is 90.2 cm³/mol. The van der Waals surface area contributed by atoms with E-state index >= 15 is 0 Å². The lowest BCUT2D eigenvalue weighted by Gasteiger charge is -1.99. The zero-order valence-electron chi connectivity index (χ0n) is 12.4. The van der Waals surface area contributed by atoms with Crippen molar-refractivity contribution in [3.8, 4) is 11.5 Å². The van der Waals surface area contributed by atoms with Crippen molar-refractivity contribution in [1.82, 2.24) is 10.2 Å². The molecular formula is C15H11ClN2O4S2. The number of sulfone groups is 1. The highest BCUT2D eigenvalue weighted by Crippen LogP contribution is 2.24. The normalized spacial score (nSPS) is 11.6. The van der Waals surface area contributed by atoms with Gasteiger partial charge in [0.05, 0.1) is 20.5 Å². The van der Waals surface area contributed by atoms with Gasteiger partial charge in [-0.1, -0.05) is 11.6 Å². The van der Waals surface area contributed by atoms with Crippen LogP contribution in [0.1, 0.15) is 15.6 Å².